The maximum atomic E-state index is 12.6. The molecule has 0 spiro atoms. The smallest absolute Gasteiger partial charge is 0.188 e. The number of halogens is 1. The van der Waals surface area contributed by atoms with Crippen LogP contribution in [0.3, 0.4) is 0 Å². The second kappa shape index (κ2) is 5.58. The first kappa shape index (κ1) is 15.4. The highest BCUT2D eigenvalue weighted by Gasteiger charge is 2.19. The van der Waals surface area contributed by atoms with Crippen molar-refractivity contribution in [3.8, 4) is 22.5 Å². The molecule has 1 aliphatic heterocycles. The van der Waals surface area contributed by atoms with Crippen LogP contribution in [-0.4, -0.2) is 9.38 Å². The van der Waals surface area contributed by atoms with Crippen LogP contribution in [0, 0.1) is 6.92 Å². The zero-order valence-electron chi connectivity index (χ0n) is 14.1. The fourth-order valence-electron chi connectivity index (χ4n) is 3.63. The number of aromatic amines is 1. The highest BCUT2D eigenvalue weighted by atomic mass is 79.9. The number of hydrogen-bond donors (Lipinski definition) is 1. The van der Waals surface area contributed by atoms with Crippen molar-refractivity contribution in [2.75, 3.05) is 0 Å². The minimum Gasteiger partial charge on any atom is -0.353 e. The predicted molar refractivity (Wildman–Crippen MR) is 110 cm³/mol. The molecule has 0 bridgehead atoms. The van der Waals surface area contributed by atoms with Gasteiger partial charge in [-0.1, -0.05) is 35.9 Å². The van der Waals surface area contributed by atoms with Gasteiger partial charge in [-0.3, -0.25) is 4.79 Å². The van der Waals surface area contributed by atoms with E-state index >= 15 is 0 Å². The van der Waals surface area contributed by atoms with Crippen LogP contribution >= 0.6 is 15.9 Å². The molecule has 1 aliphatic carbocycles. The first-order valence-corrected chi connectivity index (χ1v) is 9.23. The summed E-state index contributed by atoms with van der Waals surface area (Å²) in [5.74, 6) is 0. The highest BCUT2D eigenvalue weighted by Crippen LogP contribution is 2.36. The van der Waals surface area contributed by atoms with Gasteiger partial charge in [0, 0.05) is 27.1 Å². The van der Waals surface area contributed by atoms with E-state index < -0.39 is 0 Å². The van der Waals surface area contributed by atoms with Gasteiger partial charge >= 0.3 is 0 Å². The van der Waals surface area contributed by atoms with Gasteiger partial charge < -0.3 is 9.38 Å². The molecular weight excluding hydrogens is 388 g/mol. The lowest BCUT2D eigenvalue weighted by Gasteiger charge is -2.13. The van der Waals surface area contributed by atoms with Gasteiger partial charge in [-0.05, 0) is 53.2 Å². The number of aromatic nitrogens is 2. The Morgan fingerprint density at radius 1 is 1.00 bits per heavy atom. The molecular formula is C22H15BrN2O. The molecule has 0 atom stereocenters. The second-order valence-electron chi connectivity index (χ2n) is 6.59. The Balaban J connectivity index is 2.04. The van der Waals surface area contributed by atoms with E-state index in [2.05, 4.69) is 68.6 Å². The summed E-state index contributed by atoms with van der Waals surface area (Å²) in [5.41, 5.74) is 7.02. The molecule has 3 heterocycles. The molecule has 0 amide bonds. The van der Waals surface area contributed by atoms with Gasteiger partial charge in [0.15, 0.2) is 5.43 Å². The van der Waals surface area contributed by atoms with E-state index in [0.29, 0.717) is 0 Å². The number of rotatable bonds is 1. The minimum absolute atomic E-state index is 0.0363. The number of benzene rings is 2. The summed E-state index contributed by atoms with van der Waals surface area (Å²) in [6, 6.07) is 20.0. The summed E-state index contributed by atoms with van der Waals surface area (Å²) in [6.07, 6.45) is 2.04. The van der Waals surface area contributed by atoms with Crippen LogP contribution in [-0.2, 0) is 0 Å². The molecule has 1 N–H and O–H groups in total. The first-order valence-electron chi connectivity index (χ1n) is 8.44. The number of nitrogens with zero attached hydrogens (tertiary/aromatic N) is 1. The van der Waals surface area contributed by atoms with Crippen molar-refractivity contribution in [2.45, 2.75) is 6.92 Å². The Kier molecular flexibility index (Phi) is 3.31. The largest absolute Gasteiger partial charge is 0.353 e. The molecule has 0 saturated heterocycles. The normalized spacial score (nSPS) is 11.6. The van der Waals surface area contributed by atoms with Gasteiger partial charge in [0.25, 0.3) is 0 Å². The van der Waals surface area contributed by atoms with E-state index in [1.807, 2.05) is 18.3 Å². The Labute approximate surface area is 158 Å². The maximum Gasteiger partial charge on any atom is 0.188 e. The van der Waals surface area contributed by atoms with Crippen LogP contribution in [0.15, 0.2) is 76.1 Å². The minimum atomic E-state index is 0.0363. The molecule has 1 aromatic carbocycles. The van der Waals surface area contributed by atoms with Gasteiger partial charge in [0.05, 0.1) is 22.5 Å². The molecule has 3 nitrogen and oxygen atoms in total. The summed E-state index contributed by atoms with van der Waals surface area (Å²) < 4.78 is 3.13. The summed E-state index contributed by atoms with van der Waals surface area (Å²) in [6.45, 7) is 2.08. The van der Waals surface area contributed by atoms with Gasteiger partial charge in [-0.25, -0.2) is 0 Å². The highest BCUT2D eigenvalue weighted by molar-refractivity contribution is 9.10. The molecule has 2 aliphatic rings. The van der Waals surface area contributed by atoms with Crippen molar-refractivity contribution in [3.05, 3.63) is 87.1 Å². The van der Waals surface area contributed by atoms with E-state index in [0.717, 1.165) is 43.4 Å². The summed E-state index contributed by atoms with van der Waals surface area (Å²) in [4.78, 5) is 16.1. The van der Waals surface area contributed by atoms with Crippen molar-refractivity contribution in [1.29, 1.82) is 0 Å². The Morgan fingerprint density at radius 3 is 2.62 bits per heavy atom. The van der Waals surface area contributed by atoms with E-state index in [1.165, 1.54) is 5.56 Å². The lowest BCUT2D eigenvalue weighted by molar-refractivity contribution is 1.22. The number of H-pyrrole nitrogens is 1. The second-order valence-corrected chi connectivity index (χ2v) is 7.51. The van der Waals surface area contributed by atoms with Crippen molar-refractivity contribution >= 4 is 32.3 Å². The Morgan fingerprint density at radius 2 is 1.81 bits per heavy atom. The molecule has 126 valence electrons. The van der Waals surface area contributed by atoms with Crippen LogP contribution in [0.2, 0.25) is 0 Å². The van der Waals surface area contributed by atoms with E-state index in [1.54, 1.807) is 12.1 Å². The van der Waals surface area contributed by atoms with Crippen LogP contribution in [0.4, 0.5) is 0 Å². The lowest BCUT2D eigenvalue weighted by Crippen LogP contribution is -2.06. The number of nitrogens with one attached hydrogen (secondary N) is 1. The zero-order chi connectivity index (χ0) is 17.8. The maximum absolute atomic E-state index is 12.6. The van der Waals surface area contributed by atoms with Crippen LogP contribution in [0.25, 0.3) is 38.9 Å². The quantitative estimate of drug-likeness (QED) is 0.387. The lowest BCUT2D eigenvalue weighted by atomic mass is 10.0. The fraction of sp³-hybridized carbons (Fsp3) is 0.0455. The number of hydrogen-bond acceptors (Lipinski definition) is 1. The van der Waals surface area contributed by atoms with Crippen LogP contribution < -0.4 is 5.43 Å². The molecule has 0 fully saturated rings. The van der Waals surface area contributed by atoms with Crippen molar-refractivity contribution in [3.63, 3.8) is 0 Å². The average Bonchev–Trinajstić information content (AvgIpc) is 3.00. The van der Waals surface area contributed by atoms with Crippen LogP contribution in [0.1, 0.15) is 5.56 Å². The predicted octanol–water partition coefficient (Wildman–Crippen LogP) is 5.62. The molecule has 0 unspecified atom stereocenters. The summed E-state index contributed by atoms with van der Waals surface area (Å²) in [5, 5.41) is 0.970. The summed E-state index contributed by atoms with van der Waals surface area (Å²) in [7, 11) is 0. The molecule has 4 heteroatoms. The molecule has 5 rings (SSSR count). The topological polar surface area (TPSA) is 37.3 Å². The van der Waals surface area contributed by atoms with Crippen molar-refractivity contribution in [2.24, 2.45) is 0 Å². The van der Waals surface area contributed by atoms with E-state index in [-0.39, 0.29) is 5.43 Å². The Hall–Kier alpha value is -2.85. The average molecular weight is 403 g/mol. The number of fused-ring (bicyclic) bond motifs is 5. The third-order valence-corrected chi connectivity index (χ3v) is 5.33. The third-order valence-electron chi connectivity index (χ3n) is 4.86. The standard InChI is InChI=1S/C22H15BrN2O/c1-13-5-7-14(8-6-13)21-22-17(11-16-10-9-15(23)12-25(16)22)20-18(24-21)3-2-4-19(20)26/h2-12,24H,1H3. The van der Waals surface area contributed by atoms with E-state index in [9.17, 15) is 4.79 Å². The van der Waals surface area contributed by atoms with Gasteiger partial charge in [-0.2, -0.15) is 0 Å². The van der Waals surface area contributed by atoms with Crippen molar-refractivity contribution in [1.82, 2.24) is 9.38 Å². The SMILES string of the molecule is Cc1ccc(-c2[nH]c3cccc(=O)c-3c3cc4ccc(Br)cn4c23)cc1. The first-order chi connectivity index (χ1) is 12.6. The third kappa shape index (κ3) is 2.22. The Bertz CT molecular complexity index is 1310. The van der Waals surface area contributed by atoms with E-state index in [4.69, 9.17) is 0 Å². The van der Waals surface area contributed by atoms with Gasteiger partial charge in [0.1, 0.15) is 0 Å². The fourth-order valence-corrected chi connectivity index (χ4v) is 3.96. The number of aryl methyl sites for hydroxylation is 1. The zero-order valence-corrected chi connectivity index (χ0v) is 15.7. The van der Waals surface area contributed by atoms with Crippen LogP contribution in [0.5, 0.6) is 0 Å². The van der Waals surface area contributed by atoms with Crippen molar-refractivity contribution < 1.29 is 0 Å². The molecule has 0 radical (unpaired) electrons. The van der Waals surface area contributed by atoms with Gasteiger partial charge in [-0.15, -0.1) is 0 Å². The van der Waals surface area contributed by atoms with Gasteiger partial charge in [0.2, 0.25) is 0 Å². The molecule has 2 aromatic heterocycles. The number of pyridine rings is 2. The molecule has 26 heavy (non-hydrogen) atoms. The monoisotopic (exact) mass is 402 g/mol. The molecule has 0 saturated carbocycles. The molecule has 3 aromatic rings. The summed E-state index contributed by atoms with van der Waals surface area (Å²) >= 11 is 3.56.